The number of amides is 2. The van der Waals surface area contributed by atoms with Gasteiger partial charge >= 0.3 is 6.03 Å². The predicted octanol–water partition coefficient (Wildman–Crippen LogP) is 1.77. The van der Waals surface area contributed by atoms with Crippen LogP contribution in [0.25, 0.3) is 0 Å². The van der Waals surface area contributed by atoms with Crippen LogP contribution in [0.5, 0.6) is 0 Å². The Bertz CT molecular complexity index is 639. The number of thiazole rings is 1. The van der Waals surface area contributed by atoms with E-state index in [9.17, 15) is 13.2 Å². The smallest absolute Gasteiger partial charge is 0.321 e. The number of urea groups is 1. The number of rotatable bonds is 4. The zero-order valence-electron chi connectivity index (χ0n) is 12.9. The van der Waals surface area contributed by atoms with Crippen LogP contribution in [0.1, 0.15) is 32.4 Å². The number of nitrogens with zero attached hydrogens (tertiary/aromatic N) is 1. The standard InChI is InChI=1S/C13H21N3O4S2/c1-13(2)6-9(4-5-22(13,18)19)14-11(17)16-12-15-10(7-20-3)8-21-12/h8-9H,4-7H2,1-3H3,(H2,14,15,16,17). The van der Waals surface area contributed by atoms with Gasteiger partial charge in [0.25, 0.3) is 0 Å². The highest BCUT2D eigenvalue weighted by atomic mass is 32.2. The minimum absolute atomic E-state index is 0.0974. The van der Waals surface area contributed by atoms with Crippen molar-refractivity contribution >= 4 is 32.3 Å². The van der Waals surface area contributed by atoms with Crippen molar-refractivity contribution < 1.29 is 17.9 Å². The van der Waals surface area contributed by atoms with E-state index in [4.69, 9.17) is 4.74 Å². The lowest BCUT2D eigenvalue weighted by molar-refractivity contribution is 0.182. The number of anilines is 1. The van der Waals surface area contributed by atoms with Gasteiger partial charge in [-0.15, -0.1) is 11.3 Å². The molecule has 0 spiro atoms. The van der Waals surface area contributed by atoms with Crippen molar-refractivity contribution in [1.29, 1.82) is 0 Å². The first-order chi connectivity index (χ1) is 10.2. The van der Waals surface area contributed by atoms with Crippen LogP contribution in [0.4, 0.5) is 9.93 Å². The van der Waals surface area contributed by atoms with Gasteiger partial charge in [0.05, 0.1) is 22.8 Å². The molecule has 0 aromatic carbocycles. The second-order valence-electron chi connectivity index (χ2n) is 5.94. The van der Waals surface area contributed by atoms with Crippen molar-refractivity contribution in [3.63, 3.8) is 0 Å². The van der Waals surface area contributed by atoms with Crippen molar-refractivity contribution in [3.05, 3.63) is 11.1 Å². The molecular formula is C13H21N3O4S2. The SMILES string of the molecule is COCc1csc(NC(=O)NC2CCS(=O)(=O)C(C)(C)C2)n1. The molecule has 0 aliphatic carbocycles. The highest BCUT2D eigenvalue weighted by Crippen LogP contribution is 2.30. The summed E-state index contributed by atoms with van der Waals surface area (Å²) in [4.78, 5) is 16.2. The topological polar surface area (TPSA) is 97.4 Å². The summed E-state index contributed by atoms with van der Waals surface area (Å²) in [5, 5.41) is 7.80. The summed E-state index contributed by atoms with van der Waals surface area (Å²) in [5.41, 5.74) is 0.757. The van der Waals surface area contributed by atoms with Crippen molar-refractivity contribution in [2.24, 2.45) is 0 Å². The molecule has 1 aliphatic heterocycles. The quantitative estimate of drug-likeness (QED) is 0.865. The van der Waals surface area contributed by atoms with Crippen LogP contribution in [-0.4, -0.2) is 43.1 Å². The third-order valence-electron chi connectivity index (χ3n) is 3.71. The fourth-order valence-corrected chi connectivity index (χ4v) is 4.71. The van der Waals surface area contributed by atoms with Crippen molar-refractivity contribution in [3.8, 4) is 0 Å². The predicted molar refractivity (Wildman–Crippen MR) is 85.9 cm³/mol. The van der Waals surface area contributed by atoms with E-state index in [1.54, 1.807) is 21.0 Å². The lowest BCUT2D eigenvalue weighted by atomic mass is 10.0. The van der Waals surface area contributed by atoms with Crippen LogP contribution in [-0.2, 0) is 21.2 Å². The minimum Gasteiger partial charge on any atom is -0.378 e. The Morgan fingerprint density at radius 1 is 1.55 bits per heavy atom. The van der Waals surface area contributed by atoms with E-state index >= 15 is 0 Å². The normalized spacial score (nSPS) is 23.0. The highest BCUT2D eigenvalue weighted by Gasteiger charge is 2.41. The first-order valence-electron chi connectivity index (χ1n) is 6.97. The van der Waals surface area contributed by atoms with E-state index in [1.807, 2.05) is 5.38 Å². The van der Waals surface area contributed by atoms with E-state index in [0.29, 0.717) is 24.6 Å². The van der Waals surface area contributed by atoms with Gasteiger partial charge in [0.1, 0.15) is 0 Å². The molecule has 2 N–H and O–H groups in total. The zero-order chi connectivity index (χ0) is 16.4. The lowest BCUT2D eigenvalue weighted by Crippen LogP contribution is -2.50. The van der Waals surface area contributed by atoms with E-state index in [2.05, 4.69) is 15.6 Å². The number of aromatic nitrogens is 1. The lowest BCUT2D eigenvalue weighted by Gasteiger charge is -2.35. The average molecular weight is 347 g/mol. The van der Waals surface area contributed by atoms with Crippen LogP contribution in [0.2, 0.25) is 0 Å². The third kappa shape index (κ3) is 3.96. The zero-order valence-corrected chi connectivity index (χ0v) is 14.5. The number of ether oxygens (including phenoxy) is 1. The fourth-order valence-electron chi connectivity index (χ4n) is 2.42. The summed E-state index contributed by atoms with van der Waals surface area (Å²) in [5.74, 6) is 0.0974. The molecule has 1 aromatic heterocycles. The van der Waals surface area contributed by atoms with Crippen molar-refractivity contribution in [2.75, 3.05) is 18.2 Å². The van der Waals surface area contributed by atoms with Crippen LogP contribution in [0.15, 0.2) is 5.38 Å². The second kappa shape index (κ2) is 6.51. The molecule has 1 atom stereocenters. The molecular weight excluding hydrogens is 326 g/mol. The Hall–Kier alpha value is -1.19. The molecule has 0 radical (unpaired) electrons. The van der Waals surface area contributed by atoms with Crippen molar-refractivity contribution in [1.82, 2.24) is 10.3 Å². The molecule has 1 aliphatic rings. The maximum Gasteiger partial charge on any atom is 0.321 e. The van der Waals surface area contributed by atoms with Gasteiger partial charge in [-0.2, -0.15) is 0 Å². The molecule has 124 valence electrons. The van der Waals surface area contributed by atoms with Gasteiger partial charge in [-0.25, -0.2) is 18.2 Å². The number of nitrogens with one attached hydrogen (secondary N) is 2. The van der Waals surface area contributed by atoms with E-state index in [0.717, 1.165) is 5.69 Å². The monoisotopic (exact) mass is 347 g/mol. The fraction of sp³-hybridized carbons (Fsp3) is 0.692. The molecule has 9 heteroatoms. The van der Waals surface area contributed by atoms with Crippen LogP contribution in [0.3, 0.4) is 0 Å². The molecule has 0 bridgehead atoms. The molecule has 1 aromatic rings. The number of carbonyl (C=O) groups is 1. The highest BCUT2D eigenvalue weighted by molar-refractivity contribution is 7.92. The maximum atomic E-state index is 12.0. The van der Waals surface area contributed by atoms with Crippen LogP contribution in [0, 0.1) is 0 Å². The van der Waals surface area contributed by atoms with Gasteiger partial charge in [0.15, 0.2) is 15.0 Å². The minimum atomic E-state index is -3.09. The first kappa shape index (κ1) is 17.2. The van der Waals surface area contributed by atoms with Gasteiger partial charge in [-0.1, -0.05) is 0 Å². The third-order valence-corrected chi connectivity index (χ3v) is 7.14. The Morgan fingerprint density at radius 2 is 2.27 bits per heavy atom. The summed E-state index contributed by atoms with van der Waals surface area (Å²) in [6.07, 6.45) is 0.849. The molecule has 7 nitrogen and oxygen atoms in total. The first-order valence-corrected chi connectivity index (χ1v) is 9.50. The van der Waals surface area contributed by atoms with Gasteiger partial charge < -0.3 is 10.1 Å². The molecule has 0 saturated carbocycles. The Labute approximate surface area is 134 Å². The van der Waals surface area contributed by atoms with Gasteiger partial charge in [0, 0.05) is 18.5 Å². The Kier molecular flexibility index (Phi) is 5.08. The summed E-state index contributed by atoms with van der Waals surface area (Å²) in [7, 11) is -1.51. The molecule has 2 rings (SSSR count). The summed E-state index contributed by atoms with van der Waals surface area (Å²) < 4.78 is 28.0. The second-order valence-corrected chi connectivity index (χ2v) is 9.54. The van der Waals surface area contributed by atoms with Gasteiger partial charge in [0.2, 0.25) is 0 Å². The number of sulfone groups is 1. The largest absolute Gasteiger partial charge is 0.378 e. The average Bonchev–Trinajstić information content (AvgIpc) is 2.82. The van der Waals surface area contributed by atoms with Crippen LogP contribution >= 0.6 is 11.3 Å². The Balaban J connectivity index is 1.89. The summed E-state index contributed by atoms with van der Waals surface area (Å²) >= 11 is 1.32. The number of carbonyl (C=O) groups excluding carboxylic acids is 1. The van der Waals surface area contributed by atoms with E-state index in [1.165, 1.54) is 11.3 Å². The summed E-state index contributed by atoms with van der Waals surface area (Å²) in [6, 6.07) is -0.518. The van der Waals surface area contributed by atoms with E-state index in [-0.39, 0.29) is 17.8 Å². The molecule has 1 saturated heterocycles. The van der Waals surface area contributed by atoms with E-state index < -0.39 is 14.6 Å². The summed E-state index contributed by atoms with van der Waals surface area (Å²) in [6.45, 7) is 3.80. The molecule has 1 fully saturated rings. The van der Waals surface area contributed by atoms with Gasteiger partial charge in [-0.3, -0.25) is 5.32 Å². The van der Waals surface area contributed by atoms with Crippen LogP contribution < -0.4 is 10.6 Å². The number of methoxy groups -OCH3 is 1. The molecule has 1 unspecified atom stereocenters. The number of hydrogen-bond acceptors (Lipinski definition) is 6. The molecule has 2 heterocycles. The maximum absolute atomic E-state index is 12.0. The molecule has 2 amide bonds. The van der Waals surface area contributed by atoms with Gasteiger partial charge in [-0.05, 0) is 26.7 Å². The Morgan fingerprint density at radius 3 is 2.91 bits per heavy atom. The van der Waals surface area contributed by atoms with Crippen molar-refractivity contribution in [2.45, 2.75) is 44.1 Å². The number of hydrogen-bond donors (Lipinski definition) is 2. The molecule has 22 heavy (non-hydrogen) atoms.